The van der Waals surface area contributed by atoms with Gasteiger partial charge in [-0.15, -0.1) is 0 Å². The van der Waals surface area contributed by atoms with Crippen LogP contribution in [0.2, 0.25) is 0 Å². The fourth-order valence-corrected chi connectivity index (χ4v) is 2.80. The number of hydrogen-bond acceptors (Lipinski definition) is 1. The summed E-state index contributed by atoms with van der Waals surface area (Å²) in [6.45, 7) is 4.76. The second-order valence-corrected chi connectivity index (χ2v) is 6.30. The first kappa shape index (κ1) is 20.0. The number of hydrogen-bond donors (Lipinski definition) is 1. The van der Waals surface area contributed by atoms with Crippen molar-refractivity contribution >= 4 is 0 Å². The van der Waals surface area contributed by atoms with Crippen LogP contribution in [0.25, 0.3) is 0 Å². The maximum atomic E-state index is 5.49. The first-order valence-corrected chi connectivity index (χ1v) is 9.41. The predicted molar refractivity (Wildman–Crippen MR) is 92.9 cm³/mol. The summed E-state index contributed by atoms with van der Waals surface area (Å²) in [6.07, 6.45) is 23.8. The first-order valence-electron chi connectivity index (χ1n) is 9.41. The van der Waals surface area contributed by atoms with Gasteiger partial charge in [0.2, 0.25) is 0 Å². The maximum absolute atomic E-state index is 5.49. The highest BCUT2D eigenvalue weighted by Crippen LogP contribution is 2.13. The van der Waals surface area contributed by atoms with Crippen molar-refractivity contribution in [2.45, 2.75) is 109 Å². The average molecular weight is 283 g/mol. The van der Waals surface area contributed by atoms with Gasteiger partial charge in [-0.3, -0.25) is 0 Å². The van der Waals surface area contributed by atoms with Crippen LogP contribution in [0.1, 0.15) is 109 Å². The molecule has 0 atom stereocenters. The molecule has 20 heavy (non-hydrogen) atoms. The molecular weight excluding hydrogens is 242 g/mol. The molecule has 0 amide bonds. The molecule has 0 aromatic heterocycles. The fraction of sp³-hybridized carbons (Fsp3) is 0.947. The summed E-state index contributed by atoms with van der Waals surface area (Å²) in [4.78, 5) is 0. The van der Waals surface area contributed by atoms with Crippen LogP contribution in [0.5, 0.6) is 0 Å². The zero-order chi connectivity index (χ0) is 14.7. The van der Waals surface area contributed by atoms with E-state index in [1.807, 2.05) is 0 Å². The molecule has 1 heteroatoms. The van der Waals surface area contributed by atoms with E-state index in [2.05, 4.69) is 6.92 Å². The molecule has 0 fully saturated rings. The lowest BCUT2D eigenvalue weighted by Crippen LogP contribution is -1.97. The van der Waals surface area contributed by atoms with E-state index in [1.165, 1.54) is 103 Å². The number of nitrogens with two attached hydrogens (primary N) is 1. The molecule has 0 saturated heterocycles. The van der Waals surface area contributed by atoms with Crippen molar-refractivity contribution in [1.82, 2.24) is 0 Å². The second kappa shape index (κ2) is 19.0. The monoisotopic (exact) mass is 282 g/mol. The Bertz CT molecular complexity index is 138. The van der Waals surface area contributed by atoms with E-state index in [0.29, 0.717) is 0 Å². The third-order valence-electron chi connectivity index (χ3n) is 4.20. The maximum Gasteiger partial charge on any atom is -0.00773 e. The van der Waals surface area contributed by atoms with Crippen molar-refractivity contribution in [2.24, 2.45) is 5.73 Å². The Labute approximate surface area is 129 Å². The Hall–Kier alpha value is -0.0400. The van der Waals surface area contributed by atoms with Crippen molar-refractivity contribution < 1.29 is 0 Å². The molecule has 1 radical (unpaired) electrons. The average Bonchev–Trinajstić information content (AvgIpc) is 2.47. The van der Waals surface area contributed by atoms with Gasteiger partial charge in [-0.2, -0.15) is 0 Å². The molecule has 0 aromatic carbocycles. The molecule has 0 heterocycles. The lowest BCUT2D eigenvalue weighted by Gasteiger charge is -2.03. The Morgan fingerprint density at radius 3 is 0.900 bits per heavy atom. The van der Waals surface area contributed by atoms with Crippen molar-refractivity contribution in [2.75, 3.05) is 6.54 Å². The minimum atomic E-state index is 0.871. The zero-order valence-corrected chi connectivity index (χ0v) is 14.0. The van der Waals surface area contributed by atoms with E-state index in [9.17, 15) is 0 Å². The lowest BCUT2D eigenvalue weighted by molar-refractivity contribution is 0.528. The highest BCUT2D eigenvalue weighted by atomic mass is 14.5. The summed E-state index contributed by atoms with van der Waals surface area (Å²) in [5, 5.41) is 0. The summed E-state index contributed by atoms with van der Waals surface area (Å²) in [5.41, 5.74) is 5.49. The van der Waals surface area contributed by atoms with Crippen LogP contribution in [0.3, 0.4) is 0 Å². The van der Waals surface area contributed by atoms with Gasteiger partial charge in [0, 0.05) is 0 Å². The Morgan fingerprint density at radius 1 is 0.400 bits per heavy atom. The first-order chi connectivity index (χ1) is 9.91. The minimum Gasteiger partial charge on any atom is -0.330 e. The Morgan fingerprint density at radius 2 is 0.650 bits per heavy atom. The van der Waals surface area contributed by atoms with Crippen LogP contribution in [-0.4, -0.2) is 6.54 Å². The molecule has 0 aliphatic heterocycles. The molecule has 0 aromatic rings. The third kappa shape index (κ3) is 18.0. The van der Waals surface area contributed by atoms with Crippen molar-refractivity contribution in [3.63, 3.8) is 0 Å². The molecule has 0 rings (SSSR count). The van der Waals surface area contributed by atoms with Crippen molar-refractivity contribution in [3.8, 4) is 0 Å². The number of unbranched alkanes of at least 4 members (excludes halogenated alkanes) is 16. The van der Waals surface area contributed by atoms with Crippen molar-refractivity contribution in [1.29, 1.82) is 0 Å². The summed E-state index contributed by atoms with van der Waals surface area (Å²) in [6, 6.07) is 0. The van der Waals surface area contributed by atoms with E-state index in [0.717, 1.165) is 13.0 Å². The molecule has 0 bridgehead atoms. The van der Waals surface area contributed by atoms with Gasteiger partial charge < -0.3 is 5.73 Å². The molecule has 2 N–H and O–H groups in total. The third-order valence-corrected chi connectivity index (χ3v) is 4.20. The lowest BCUT2D eigenvalue weighted by atomic mass is 10.0. The molecule has 1 nitrogen and oxygen atoms in total. The van der Waals surface area contributed by atoms with Gasteiger partial charge in [-0.1, -0.05) is 110 Å². The molecule has 0 aliphatic rings. The topological polar surface area (TPSA) is 26.0 Å². The largest absolute Gasteiger partial charge is 0.330 e. The summed E-state index contributed by atoms with van der Waals surface area (Å²) in [5.74, 6) is 0. The quantitative estimate of drug-likeness (QED) is 0.306. The van der Waals surface area contributed by atoms with Crippen LogP contribution >= 0.6 is 0 Å². The number of rotatable bonds is 17. The van der Waals surface area contributed by atoms with Crippen LogP contribution < -0.4 is 5.73 Å². The molecule has 0 saturated carbocycles. The zero-order valence-electron chi connectivity index (χ0n) is 14.0. The van der Waals surface area contributed by atoms with Gasteiger partial charge in [-0.25, -0.2) is 0 Å². The second-order valence-electron chi connectivity index (χ2n) is 6.30. The normalized spacial score (nSPS) is 11.1. The van der Waals surface area contributed by atoms with Gasteiger partial charge in [0.1, 0.15) is 0 Å². The standard InChI is InChI=1S/C19H40N/c1-2-3-4-5-6-7-8-9-10-11-12-13-14-15-16-17-18-19-20/h1-20H2. The molecule has 121 valence electrons. The highest BCUT2D eigenvalue weighted by molar-refractivity contribution is 4.50. The van der Waals surface area contributed by atoms with Gasteiger partial charge in [0.15, 0.2) is 0 Å². The molecular formula is C19H40N. The highest BCUT2D eigenvalue weighted by Gasteiger charge is 1.94. The smallest absolute Gasteiger partial charge is 0.00773 e. The van der Waals surface area contributed by atoms with E-state index < -0.39 is 0 Å². The van der Waals surface area contributed by atoms with E-state index in [4.69, 9.17) is 5.73 Å². The van der Waals surface area contributed by atoms with E-state index in [-0.39, 0.29) is 0 Å². The Kier molecular flexibility index (Phi) is 18.9. The van der Waals surface area contributed by atoms with E-state index in [1.54, 1.807) is 0 Å². The summed E-state index contributed by atoms with van der Waals surface area (Å²) >= 11 is 0. The van der Waals surface area contributed by atoms with Crippen LogP contribution in [0, 0.1) is 6.92 Å². The van der Waals surface area contributed by atoms with Crippen LogP contribution in [0.15, 0.2) is 0 Å². The van der Waals surface area contributed by atoms with Crippen molar-refractivity contribution in [3.05, 3.63) is 6.92 Å². The Balaban J connectivity index is 2.89. The van der Waals surface area contributed by atoms with Gasteiger partial charge >= 0.3 is 0 Å². The molecule has 0 unspecified atom stereocenters. The fourth-order valence-electron chi connectivity index (χ4n) is 2.80. The summed E-state index contributed by atoms with van der Waals surface area (Å²) < 4.78 is 0. The van der Waals surface area contributed by atoms with E-state index >= 15 is 0 Å². The molecule has 0 spiro atoms. The van der Waals surface area contributed by atoms with Gasteiger partial charge in [0.25, 0.3) is 0 Å². The van der Waals surface area contributed by atoms with Crippen LogP contribution in [0.4, 0.5) is 0 Å². The predicted octanol–water partition coefficient (Wildman–Crippen LogP) is 6.41. The minimum absolute atomic E-state index is 0.871. The van der Waals surface area contributed by atoms with Gasteiger partial charge in [0.05, 0.1) is 0 Å². The van der Waals surface area contributed by atoms with Gasteiger partial charge in [-0.05, 0) is 13.0 Å². The van der Waals surface area contributed by atoms with Crippen LogP contribution in [-0.2, 0) is 0 Å². The SMILES string of the molecule is [CH2]CCCCCCCCCCCCCCCCCCN. The molecule has 0 aliphatic carbocycles. The summed E-state index contributed by atoms with van der Waals surface area (Å²) in [7, 11) is 0.